The topological polar surface area (TPSA) is 148 Å². The Morgan fingerprint density at radius 1 is 1.00 bits per heavy atom. The number of amides is 1. The normalized spacial score (nSPS) is 31.0. The summed E-state index contributed by atoms with van der Waals surface area (Å²) in [6.07, 6.45) is -6.47. The molecule has 3 N–H and O–H groups in total. The number of carbonyl (C=O) groups is 4. The van der Waals surface area contributed by atoms with Crippen molar-refractivity contribution in [2.24, 2.45) is 0 Å². The molecule has 10 nitrogen and oxygen atoms in total. The van der Waals surface area contributed by atoms with Crippen molar-refractivity contribution >= 4 is 23.8 Å². The average molecular weight is 319 g/mol. The zero-order chi connectivity index (χ0) is 17.0. The van der Waals surface area contributed by atoms with Crippen LogP contribution in [0.15, 0.2) is 0 Å². The molecule has 0 aromatic heterocycles. The quantitative estimate of drug-likeness (QED) is 0.508. The molecule has 1 aliphatic heterocycles. The Labute approximate surface area is 125 Å². The van der Waals surface area contributed by atoms with Crippen LogP contribution in [0.25, 0.3) is 0 Å². The Morgan fingerprint density at radius 3 is 1.91 bits per heavy atom. The minimum absolute atomic E-state index is 0.583. The number of rotatable bonds is 4. The van der Waals surface area contributed by atoms with Crippen molar-refractivity contribution in [3.05, 3.63) is 0 Å². The second kappa shape index (κ2) is 7.18. The van der Waals surface area contributed by atoms with Crippen LogP contribution in [0.3, 0.4) is 0 Å². The lowest BCUT2D eigenvalue weighted by molar-refractivity contribution is -0.258. The number of esters is 2. The molecule has 124 valence electrons. The largest absolute Gasteiger partial charge is 0.479 e. The van der Waals surface area contributed by atoms with Crippen LogP contribution >= 0.6 is 0 Å². The van der Waals surface area contributed by atoms with Gasteiger partial charge in [-0.2, -0.15) is 0 Å². The molecule has 1 rings (SSSR count). The molecule has 0 aromatic rings. The predicted octanol–water partition coefficient (Wildman–Crippen LogP) is -1.84. The fraction of sp³-hybridized carbons (Fsp3) is 0.667. The first-order valence-corrected chi connectivity index (χ1v) is 6.31. The molecule has 1 fully saturated rings. The van der Waals surface area contributed by atoms with E-state index in [9.17, 15) is 24.3 Å². The average Bonchev–Trinajstić information content (AvgIpc) is 2.34. The Balaban J connectivity index is 3.18. The molecule has 5 atom stereocenters. The van der Waals surface area contributed by atoms with E-state index in [0.717, 1.165) is 20.8 Å². The molecule has 0 saturated carbocycles. The van der Waals surface area contributed by atoms with E-state index in [2.05, 4.69) is 5.32 Å². The molecule has 0 aliphatic carbocycles. The van der Waals surface area contributed by atoms with Crippen molar-refractivity contribution in [1.29, 1.82) is 0 Å². The second-order valence-corrected chi connectivity index (χ2v) is 4.66. The molecule has 1 amide bonds. The van der Waals surface area contributed by atoms with Crippen molar-refractivity contribution in [3.63, 3.8) is 0 Å². The molecule has 0 spiro atoms. The van der Waals surface area contributed by atoms with Gasteiger partial charge in [0.25, 0.3) is 0 Å². The summed E-state index contributed by atoms with van der Waals surface area (Å²) < 4.78 is 14.6. The van der Waals surface area contributed by atoms with Crippen LogP contribution in [0.1, 0.15) is 20.8 Å². The fourth-order valence-corrected chi connectivity index (χ4v) is 2.09. The van der Waals surface area contributed by atoms with Crippen molar-refractivity contribution < 1.29 is 43.6 Å². The third-order valence-corrected chi connectivity index (χ3v) is 2.79. The summed E-state index contributed by atoms with van der Waals surface area (Å²) in [5, 5.41) is 21.2. The van der Waals surface area contributed by atoms with Crippen molar-refractivity contribution in [2.75, 3.05) is 0 Å². The maximum Gasteiger partial charge on any atom is 0.337 e. The summed E-state index contributed by atoms with van der Waals surface area (Å²) in [6, 6.07) is -1.29. The van der Waals surface area contributed by atoms with Gasteiger partial charge < -0.3 is 29.7 Å². The van der Waals surface area contributed by atoms with E-state index in [1.54, 1.807) is 0 Å². The third-order valence-electron chi connectivity index (χ3n) is 2.79. The summed E-state index contributed by atoms with van der Waals surface area (Å²) in [6.45, 7) is 3.22. The van der Waals surface area contributed by atoms with Crippen LogP contribution in [0.2, 0.25) is 0 Å². The van der Waals surface area contributed by atoms with Gasteiger partial charge in [-0.1, -0.05) is 0 Å². The number of aliphatic hydroxyl groups is 1. The molecule has 22 heavy (non-hydrogen) atoms. The number of ether oxygens (including phenoxy) is 3. The van der Waals surface area contributed by atoms with E-state index in [1.807, 2.05) is 0 Å². The number of aliphatic hydroxyl groups excluding tert-OH is 1. The highest BCUT2D eigenvalue weighted by atomic mass is 16.7. The van der Waals surface area contributed by atoms with Crippen LogP contribution in [-0.2, 0) is 33.4 Å². The summed E-state index contributed by atoms with van der Waals surface area (Å²) in [7, 11) is 0. The van der Waals surface area contributed by atoms with Crippen LogP contribution in [0.4, 0.5) is 0 Å². The third kappa shape index (κ3) is 4.40. The van der Waals surface area contributed by atoms with Gasteiger partial charge in [0, 0.05) is 20.8 Å². The second-order valence-electron chi connectivity index (χ2n) is 4.66. The number of carbonyl (C=O) groups excluding carboxylic acids is 3. The standard InChI is InChI=1S/C12H17NO9/c1-4(14)13-7-8(20-5(2)15)9(21-6(3)16)10(11(17)18)22-12(7)19/h7-10,12,19H,1-3H3,(H,13,14)(H,17,18)/t7-,8-,9+,10+,12-/m1/s1. The lowest BCUT2D eigenvalue weighted by Crippen LogP contribution is -2.66. The van der Waals surface area contributed by atoms with E-state index >= 15 is 0 Å². The summed E-state index contributed by atoms with van der Waals surface area (Å²) in [5.74, 6) is -3.76. The maximum atomic E-state index is 11.2. The van der Waals surface area contributed by atoms with Crippen molar-refractivity contribution in [1.82, 2.24) is 5.32 Å². The molecule has 1 heterocycles. The number of aliphatic carboxylic acids is 1. The molecule has 0 radical (unpaired) electrons. The highest BCUT2D eigenvalue weighted by Crippen LogP contribution is 2.25. The zero-order valence-corrected chi connectivity index (χ0v) is 12.1. The van der Waals surface area contributed by atoms with Crippen LogP contribution in [0.5, 0.6) is 0 Å². The Morgan fingerprint density at radius 2 is 1.50 bits per heavy atom. The summed E-state index contributed by atoms with van der Waals surface area (Å²) >= 11 is 0. The molecule has 1 aliphatic rings. The Hall–Kier alpha value is -2.20. The van der Waals surface area contributed by atoms with Gasteiger partial charge in [0.15, 0.2) is 24.6 Å². The number of hydrogen-bond acceptors (Lipinski definition) is 8. The molecule has 0 bridgehead atoms. The van der Waals surface area contributed by atoms with Crippen molar-refractivity contribution in [3.8, 4) is 0 Å². The molecule has 0 aromatic carbocycles. The monoisotopic (exact) mass is 319 g/mol. The summed E-state index contributed by atoms with van der Waals surface area (Å²) in [5.41, 5.74) is 0. The molecule has 0 unspecified atom stereocenters. The number of carboxylic acid groups (broad SMARTS) is 1. The van der Waals surface area contributed by atoms with Crippen LogP contribution in [-0.4, -0.2) is 64.7 Å². The Bertz CT molecular complexity index is 477. The van der Waals surface area contributed by atoms with E-state index in [1.165, 1.54) is 0 Å². The molecular weight excluding hydrogens is 302 g/mol. The highest BCUT2D eigenvalue weighted by Gasteiger charge is 2.52. The maximum absolute atomic E-state index is 11.2. The van der Waals surface area contributed by atoms with E-state index in [4.69, 9.17) is 19.3 Å². The number of nitrogens with one attached hydrogen (secondary N) is 1. The van der Waals surface area contributed by atoms with Gasteiger partial charge >= 0.3 is 17.9 Å². The fourth-order valence-electron chi connectivity index (χ4n) is 2.09. The molecule has 1 saturated heterocycles. The minimum atomic E-state index is -1.76. The molecule has 10 heteroatoms. The first-order valence-electron chi connectivity index (χ1n) is 6.31. The van der Waals surface area contributed by atoms with E-state index in [0.29, 0.717) is 0 Å². The Kier molecular flexibility index (Phi) is 5.83. The molecular formula is C12H17NO9. The lowest BCUT2D eigenvalue weighted by atomic mass is 9.96. The van der Waals surface area contributed by atoms with Crippen LogP contribution in [0, 0.1) is 0 Å². The lowest BCUT2D eigenvalue weighted by Gasteiger charge is -2.42. The van der Waals surface area contributed by atoms with Gasteiger partial charge in [-0.25, -0.2) is 4.79 Å². The van der Waals surface area contributed by atoms with Gasteiger partial charge in [0.1, 0.15) is 6.04 Å². The van der Waals surface area contributed by atoms with Gasteiger partial charge in [-0.15, -0.1) is 0 Å². The highest BCUT2D eigenvalue weighted by molar-refractivity contribution is 5.76. The van der Waals surface area contributed by atoms with Crippen LogP contribution < -0.4 is 5.32 Å². The number of hydrogen-bond donors (Lipinski definition) is 3. The number of carboxylic acids is 1. The minimum Gasteiger partial charge on any atom is -0.479 e. The first-order chi connectivity index (χ1) is 10.1. The van der Waals surface area contributed by atoms with Gasteiger partial charge in [0.05, 0.1) is 0 Å². The van der Waals surface area contributed by atoms with Gasteiger partial charge in [-0.3, -0.25) is 14.4 Å². The van der Waals surface area contributed by atoms with E-state index in [-0.39, 0.29) is 0 Å². The first kappa shape index (κ1) is 17.9. The smallest absolute Gasteiger partial charge is 0.337 e. The van der Waals surface area contributed by atoms with E-state index < -0.39 is 54.5 Å². The van der Waals surface area contributed by atoms with Gasteiger partial charge in [-0.05, 0) is 0 Å². The SMILES string of the molecule is CC(=O)N[C@@H]1[C@@H](OC(C)=O)[C@H](OC(C)=O)[C@@H](C(=O)O)O[C@H]1O. The summed E-state index contributed by atoms with van der Waals surface area (Å²) in [4.78, 5) is 44.8. The predicted molar refractivity (Wildman–Crippen MR) is 67.2 cm³/mol. The zero-order valence-electron chi connectivity index (χ0n) is 12.1. The van der Waals surface area contributed by atoms with Gasteiger partial charge in [0.2, 0.25) is 5.91 Å². The van der Waals surface area contributed by atoms with Crippen molar-refractivity contribution in [2.45, 2.75) is 51.4 Å².